The third-order valence-corrected chi connectivity index (χ3v) is 3.43. The van der Waals surface area contributed by atoms with Crippen LogP contribution in [0.4, 0.5) is 4.39 Å². The normalized spacial score (nSPS) is 10.5. The van der Waals surface area contributed by atoms with E-state index in [0.717, 1.165) is 5.56 Å². The third kappa shape index (κ3) is 3.86. The molecule has 0 spiro atoms. The van der Waals surface area contributed by atoms with Crippen LogP contribution in [0.5, 0.6) is 11.5 Å². The van der Waals surface area contributed by atoms with Gasteiger partial charge in [0.25, 0.3) is 0 Å². The Labute approximate surface area is 128 Å². The second-order valence-electron chi connectivity index (χ2n) is 4.51. The van der Waals surface area contributed by atoms with Gasteiger partial charge in [-0.2, -0.15) is 0 Å². The molecule has 0 aliphatic rings. The number of para-hydroxylation sites is 1. The highest BCUT2D eigenvalue weighted by molar-refractivity contribution is 6.31. The molecule has 21 heavy (non-hydrogen) atoms. The molecule has 2 N–H and O–H groups in total. The van der Waals surface area contributed by atoms with Crippen LogP contribution in [-0.4, -0.2) is 13.7 Å². The van der Waals surface area contributed by atoms with Crippen LogP contribution >= 0.6 is 11.6 Å². The highest BCUT2D eigenvalue weighted by Crippen LogP contribution is 2.32. The number of nitrogens with two attached hydrogens (primary N) is 1. The maximum absolute atomic E-state index is 13.0. The number of hydrogen-bond acceptors (Lipinski definition) is 3. The molecule has 0 saturated carbocycles. The summed E-state index contributed by atoms with van der Waals surface area (Å²) in [6.07, 6.45) is 0.684. The molecule has 0 saturated heterocycles. The molecule has 2 aromatic carbocycles. The molecular formula is C16H17ClFNO2. The average Bonchev–Trinajstić information content (AvgIpc) is 2.47. The van der Waals surface area contributed by atoms with Gasteiger partial charge >= 0.3 is 0 Å². The Morgan fingerprint density at radius 1 is 1.19 bits per heavy atom. The van der Waals surface area contributed by atoms with Gasteiger partial charge < -0.3 is 15.2 Å². The Kier molecular flexibility index (Phi) is 5.42. The van der Waals surface area contributed by atoms with Crippen molar-refractivity contribution >= 4 is 11.6 Å². The third-order valence-electron chi connectivity index (χ3n) is 3.08. The number of benzene rings is 2. The molecular weight excluding hydrogens is 293 g/mol. The van der Waals surface area contributed by atoms with Gasteiger partial charge in [0, 0.05) is 5.56 Å². The molecule has 0 fully saturated rings. The van der Waals surface area contributed by atoms with Crippen LogP contribution in [0.2, 0.25) is 5.02 Å². The van der Waals surface area contributed by atoms with E-state index in [0.29, 0.717) is 35.1 Å². The first-order valence-corrected chi connectivity index (χ1v) is 6.96. The Hall–Kier alpha value is -1.78. The second-order valence-corrected chi connectivity index (χ2v) is 4.92. The molecule has 0 aliphatic carbocycles. The molecule has 0 amide bonds. The maximum Gasteiger partial charge on any atom is 0.164 e. The van der Waals surface area contributed by atoms with E-state index in [-0.39, 0.29) is 12.4 Å². The number of rotatable bonds is 6. The molecule has 5 heteroatoms. The largest absolute Gasteiger partial charge is 0.493 e. The van der Waals surface area contributed by atoms with Gasteiger partial charge in [-0.1, -0.05) is 29.8 Å². The molecule has 2 rings (SSSR count). The Morgan fingerprint density at radius 2 is 2.00 bits per heavy atom. The zero-order valence-corrected chi connectivity index (χ0v) is 12.5. The van der Waals surface area contributed by atoms with Crippen molar-refractivity contribution in [3.8, 4) is 11.5 Å². The van der Waals surface area contributed by atoms with E-state index in [2.05, 4.69) is 0 Å². The summed E-state index contributed by atoms with van der Waals surface area (Å²) in [5.74, 6) is 0.912. The molecule has 0 aromatic heterocycles. The van der Waals surface area contributed by atoms with Crippen LogP contribution in [0.15, 0.2) is 36.4 Å². The average molecular weight is 310 g/mol. The summed E-state index contributed by atoms with van der Waals surface area (Å²) in [6.45, 7) is 0.748. The van der Waals surface area contributed by atoms with Crippen LogP contribution < -0.4 is 15.2 Å². The predicted octanol–water partition coefficient (Wildman–Crippen LogP) is 3.57. The highest BCUT2D eigenvalue weighted by atomic mass is 35.5. The van der Waals surface area contributed by atoms with Crippen LogP contribution in [0.1, 0.15) is 11.1 Å². The summed E-state index contributed by atoms with van der Waals surface area (Å²) in [5.41, 5.74) is 7.29. The number of ether oxygens (including phenoxy) is 2. The fourth-order valence-corrected chi connectivity index (χ4v) is 2.25. The molecule has 0 heterocycles. The first kappa shape index (κ1) is 15.6. The Morgan fingerprint density at radius 3 is 2.67 bits per heavy atom. The summed E-state index contributed by atoms with van der Waals surface area (Å²) in [4.78, 5) is 0. The van der Waals surface area contributed by atoms with E-state index in [1.165, 1.54) is 12.1 Å². The minimum absolute atomic E-state index is 0.233. The van der Waals surface area contributed by atoms with Gasteiger partial charge in [0.05, 0.1) is 12.1 Å². The standard InChI is InChI=1S/C16H17ClFNO2/c1-20-15-4-2-3-11(7-8-19)16(15)21-10-12-5-6-13(18)9-14(12)17/h2-6,9H,7-8,10,19H2,1H3. The lowest BCUT2D eigenvalue weighted by molar-refractivity contribution is 0.281. The molecule has 112 valence electrons. The molecule has 0 atom stereocenters. The van der Waals surface area contributed by atoms with Crippen LogP contribution in [-0.2, 0) is 13.0 Å². The molecule has 3 nitrogen and oxygen atoms in total. The molecule has 0 aliphatic heterocycles. The summed E-state index contributed by atoms with van der Waals surface area (Å²) in [5, 5.41) is 0.338. The van der Waals surface area contributed by atoms with Gasteiger partial charge in [0.1, 0.15) is 12.4 Å². The molecule has 0 unspecified atom stereocenters. The van der Waals surface area contributed by atoms with Gasteiger partial charge in [-0.3, -0.25) is 0 Å². The van der Waals surface area contributed by atoms with E-state index in [1.54, 1.807) is 13.2 Å². The lowest BCUT2D eigenvalue weighted by atomic mass is 10.1. The molecule has 0 radical (unpaired) electrons. The zero-order valence-electron chi connectivity index (χ0n) is 11.7. The van der Waals surface area contributed by atoms with Crippen molar-refractivity contribution < 1.29 is 13.9 Å². The van der Waals surface area contributed by atoms with Crippen LogP contribution in [0.25, 0.3) is 0 Å². The first-order valence-electron chi connectivity index (χ1n) is 6.58. The second kappa shape index (κ2) is 7.29. The van der Waals surface area contributed by atoms with Crippen molar-refractivity contribution in [3.63, 3.8) is 0 Å². The lowest BCUT2D eigenvalue weighted by Crippen LogP contribution is -2.06. The number of halogens is 2. The molecule has 0 bridgehead atoms. The van der Waals surface area contributed by atoms with Crippen molar-refractivity contribution in [2.75, 3.05) is 13.7 Å². The SMILES string of the molecule is COc1cccc(CCN)c1OCc1ccc(F)cc1Cl. The summed E-state index contributed by atoms with van der Waals surface area (Å²) in [6, 6.07) is 9.88. The highest BCUT2D eigenvalue weighted by Gasteiger charge is 2.11. The fraction of sp³-hybridized carbons (Fsp3) is 0.250. The van der Waals surface area contributed by atoms with Gasteiger partial charge in [-0.05, 0) is 36.7 Å². The van der Waals surface area contributed by atoms with E-state index in [9.17, 15) is 4.39 Å². The van der Waals surface area contributed by atoms with Gasteiger partial charge in [0.2, 0.25) is 0 Å². The summed E-state index contributed by atoms with van der Waals surface area (Å²) >= 11 is 6.00. The van der Waals surface area contributed by atoms with E-state index in [1.807, 2.05) is 18.2 Å². The van der Waals surface area contributed by atoms with Crippen molar-refractivity contribution in [3.05, 3.63) is 58.4 Å². The zero-order chi connectivity index (χ0) is 15.2. The van der Waals surface area contributed by atoms with Crippen molar-refractivity contribution in [2.24, 2.45) is 5.73 Å². The topological polar surface area (TPSA) is 44.5 Å². The number of methoxy groups -OCH3 is 1. The summed E-state index contributed by atoms with van der Waals surface area (Å²) < 4.78 is 24.2. The monoisotopic (exact) mass is 309 g/mol. The molecule has 2 aromatic rings. The Bertz CT molecular complexity index is 619. The van der Waals surface area contributed by atoms with E-state index >= 15 is 0 Å². The maximum atomic E-state index is 13.0. The minimum Gasteiger partial charge on any atom is -0.493 e. The lowest BCUT2D eigenvalue weighted by Gasteiger charge is -2.15. The van der Waals surface area contributed by atoms with Crippen molar-refractivity contribution in [1.29, 1.82) is 0 Å². The van der Waals surface area contributed by atoms with E-state index < -0.39 is 0 Å². The van der Waals surface area contributed by atoms with Gasteiger partial charge in [0.15, 0.2) is 11.5 Å². The van der Waals surface area contributed by atoms with Gasteiger partial charge in [-0.25, -0.2) is 4.39 Å². The first-order chi connectivity index (χ1) is 10.2. The predicted molar refractivity (Wildman–Crippen MR) is 81.5 cm³/mol. The van der Waals surface area contributed by atoms with Crippen LogP contribution in [0.3, 0.4) is 0 Å². The Balaban J connectivity index is 2.22. The quantitative estimate of drug-likeness (QED) is 0.887. The minimum atomic E-state index is -0.370. The summed E-state index contributed by atoms with van der Waals surface area (Å²) in [7, 11) is 1.58. The van der Waals surface area contributed by atoms with E-state index in [4.69, 9.17) is 26.8 Å². The fourth-order valence-electron chi connectivity index (χ4n) is 2.03. The van der Waals surface area contributed by atoms with Crippen molar-refractivity contribution in [1.82, 2.24) is 0 Å². The van der Waals surface area contributed by atoms with Crippen LogP contribution in [0, 0.1) is 5.82 Å². The van der Waals surface area contributed by atoms with Gasteiger partial charge in [-0.15, -0.1) is 0 Å². The number of hydrogen-bond donors (Lipinski definition) is 1. The smallest absolute Gasteiger partial charge is 0.164 e. The van der Waals surface area contributed by atoms with Crippen molar-refractivity contribution in [2.45, 2.75) is 13.0 Å².